The molecule has 0 heterocycles. The summed E-state index contributed by atoms with van der Waals surface area (Å²) in [6.45, 7) is 0.723. The molecule has 0 radical (unpaired) electrons. The zero-order valence-corrected chi connectivity index (χ0v) is 13.7. The monoisotopic (exact) mass is 305 g/mol. The van der Waals surface area contributed by atoms with Crippen LogP contribution in [0.5, 0.6) is 5.75 Å². The average Bonchev–Trinajstić information content (AvgIpc) is 2.94. The van der Waals surface area contributed by atoms with Crippen molar-refractivity contribution in [2.75, 3.05) is 20.7 Å². The van der Waals surface area contributed by atoms with Crippen LogP contribution in [0.1, 0.15) is 44.1 Å². The molecule has 1 aromatic rings. The molecule has 4 heteroatoms. The lowest BCUT2D eigenvalue weighted by Gasteiger charge is -2.25. The van der Waals surface area contributed by atoms with E-state index in [-0.39, 0.29) is 12.3 Å². The van der Waals surface area contributed by atoms with Crippen LogP contribution >= 0.6 is 0 Å². The summed E-state index contributed by atoms with van der Waals surface area (Å²) in [6.07, 6.45) is 5.72. The van der Waals surface area contributed by atoms with Gasteiger partial charge in [-0.05, 0) is 43.4 Å². The van der Waals surface area contributed by atoms with Gasteiger partial charge in [0.25, 0.3) is 0 Å². The molecule has 0 spiro atoms. The van der Waals surface area contributed by atoms with Crippen LogP contribution in [0.15, 0.2) is 24.3 Å². The second kappa shape index (κ2) is 7.63. The van der Waals surface area contributed by atoms with E-state index in [9.17, 15) is 9.90 Å². The molecule has 0 aromatic heterocycles. The Kier molecular flexibility index (Phi) is 5.83. The van der Waals surface area contributed by atoms with Crippen molar-refractivity contribution in [3.05, 3.63) is 29.8 Å². The maximum atomic E-state index is 12.2. The second-order valence-corrected chi connectivity index (χ2v) is 6.38. The summed E-state index contributed by atoms with van der Waals surface area (Å²) in [4.78, 5) is 13.9. The number of amides is 1. The SMILES string of the molecule is COc1ccc(CCCN(C)C(=O)CC2(O)CCCC2)cc1. The minimum Gasteiger partial charge on any atom is -0.497 e. The van der Waals surface area contributed by atoms with Crippen LogP contribution in [0.25, 0.3) is 0 Å². The van der Waals surface area contributed by atoms with Crippen LogP contribution in [0.4, 0.5) is 0 Å². The van der Waals surface area contributed by atoms with Crippen molar-refractivity contribution >= 4 is 5.91 Å². The number of carbonyl (C=O) groups excluding carboxylic acids is 1. The summed E-state index contributed by atoms with van der Waals surface area (Å²) in [5.74, 6) is 0.917. The first-order chi connectivity index (χ1) is 10.5. The summed E-state index contributed by atoms with van der Waals surface area (Å²) >= 11 is 0. The lowest BCUT2D eigenvalue weighted by Crippen LogP contribution is -2.36. The van der Waals surface area contributed by atoms with E-state index in [1.807, 2.05) is 19.2 Å². The number of ether oxygens (including phenoxy) is 1. The predicted octanol–water partition coefficient (Wildman–Crippen LogP) is 2.78. The third-order valence-corrected chi connectivity index (χ3v) is 4.56. The highest BCUT2D eigenvalue weighted by Gasteiger charge is 2.34. The molecule has 0 aliphatic heterocycles. The molecule has 4 nitrogen and oxygen atoms in total. The van der Waals surface area contributed by atoms with Gasteiger partial charge in [-0.2, -0.15) is 0 Å². The molecule has 0 bridgehead atoms. The van der Waals surface area contributed by atoms with Crippen molar-refractivity contribution in [2.24, 2.45) is 0 Å². The van der Waals surface area contributed by atoms with Crippen molar-refractivity contribution in [1.29, 1.82) is 0 Å². The molecule has 1 aliphatic carbocycles. The molecule has 0 unspecified atom stereocenters. The maximum Gasteiger partial charge on any atom is 0.225 e. The smallest absolute Gasteiger partial charge is 0.225 e. The summed E-state index contributed by atoms with van der Waals surface area (Å²) in [5, 5.41) is 10.3. The van der Waals surface area contributed by atoms with Crippen molar-refractivity contribution in [1.82, 2.24) is 4.90 Å². The summed E-state index contributed by atoms with van der Waals surface area (Å²) < 4.78 is 5.14. The first-order valence-electron chi connectivity index (χ1n) is 8.12. The van der Waals surface area contributed by atoms with Gasteiger partial charge in [0.15, 0.2) is 0 Å². The molecule has 1 fully saturated rings. The number of hydrogen-bond acceptors (Lipinski definition) is 3. The van der Waals surface area contributed by atoms with Crippen molar-refractivity contribution in [2.45, 2.75) is 50.5 Å². The molecule has 1 N–H and O–H groups in total. The molecule has 1 aliphatic rings. The highest BCUT2D eigenvalue weighted by molar-refractivity contribution is 5.77. The Morgan fingerprint density at radius 3 is 2.50 bits per heavy atom. The van der Waals surface area contributed by atoms with Gasteiger partial charge in [-0.1, -0.05) is 25.0 Å². The molecule has 0 saturated heterocycles. The minimum atomic E-state index is -0.749. The van der Waals surface area contributed by atoms with E-state index in [0.717, 1.165) is 50.8 Å². The van der Waals surface area contributed by atoms with Crippen LogP contribution in [0.2, 0.25) is 0 Å². The zero-order valence-electron chi connectivity index (χ0n) is 13.7. The van der Waals surface area contributed by atoms with E-state index in [4.69, 9.17) is 4.74 Å². The first-order valence-corrected chi connectivity index (χ1v) is 8.12. The Balaban J connectivity index is 1.72. The van der Waals surface area contributed by atoms with E-state index in [1.165, 1.54) is 5.56 Å². The number of hydrogen-bond donors (Lipinski definition) is 1. The molecule has 1 aromatic carbocycles. The molecular formula is C18H27NO3. The van der Waals surface area contributed by atoms with E-state index in [2.05, 4.69) is 12.1 Å². The number of aliphatic hydroxyl groups is 1. The van der Waals surface area contributed by atoms with Gasteiger partial charge in [-0.25, -0.2) is 0 Å². The fraction of sp³-hybridized carbons (Fsp3) is 0.611. The molecule has 1 saturated carbocycles. The number of benzene rings is 1. The van der Waals surface area contributed by atoms with E-state index < -0.39 is 5.60 Å². The van der Waals surface area contributed by atoms with Gasteiger partial charge >= 0.3 is 0 Å². The molecule has 122 valence electrons. The Hall–Kier alpha value is -1.55. The molecular weight excluding hydrogens is 278 g/mol. The Labute approximate surface area is 133 Å². The Bertz CT molecular complexity index is 478. The lowest BCUT2D eigenvalue weighted by atomic mass is 9.97. The van der Waals surface area contributed by atoms with E-state index in [0.29, 0.717) is 0 Å². The first kappa shape index (κ1) is 16.8. The van der Waals surface area contributed by atoms with Gasteiger partial charge in [-0.3, -0.25) is 4.79 Å². The fourth-order valence-corrected chi connectivity index (χ4v) is 3.06. The number of rotatable bonds is 7. The molecule has 0 atom stereocenters. The summed E-state index contributed by atoms with van der Waals surface area (Å²) in [6, 6.07) is 8.03. The van der Waals surface area contributed by atoms with Crippen LogP contribution in [0.3, 0.4) is 0 Å². The Morgan fingerprint density at radius 1 is 1.27 bits per heavy atom. The van der Waals surface area contributed by atoms with Gasteiger partial charge in [0.2, 0.25) is 5.91 Å². The predicted molar refractivity (Wildman–Crippen MR) is 87.0 cm³/mol. The van der Waals surface area contributed by atoms with E-state index in [1.54, 1.807) is 12.0 Å². The quantitative estimate of drug-likeness (QED) is 0.842. The normalized spacial score (nSPS) is 16.5. The number of carbonyl (C=O) groups is 1. The van der Waals surface area contributed by atoms with Gasteiger partial charge < -0.3 is 14.7 Å². The third kappa shape index (κ3) is 4.73. The lowest BCUT2D eigenvalue weighted by molar-refractivity contribution is -0.135. The maximum absolute atomic E-state index is 12.2. The highest BCUT2D eigenvalue weighted by Crippen LogP contribution is 2.32. The molecule has 22 heavy (non-hydrogen) atoms. The number of nitrogens with zero attached hydrogens (tertiary/aromatic N) is 1. The largest absolute Gasteiger partial charge is 0.497 e. The highest BCUT2D eigenvalue weighted by atomic mass is 16.5. The number of methoxy groups -OCH3 is 1. The number of aryl methyl sites for hydroxylation is 1. The van der Waals surface area contributed by atoms with Gasteiger partial charge in [-0.15, -0.1) is 0 Å². The van der Waals surface area contributed by atoms with Gasteiger partial charge in [0.05, 0.1) is 19.1 Å². The molecule has 2 rings (SSSR count). The average molecular weight is 305 g/mol. The standard InChI is InChI=1S/C18H27NO3/c1-19(17(20)14-18(21)11-3-4-12-18)13-5-6-15-7-9-16(22-2)10-8-15/h7-10,21H,3-6,11-14H2,1-2H3. The topological polar surface area (TPSA) is 49.8 Å². The third-order valence-electron chi connectivity index (χ3n) is 4.56. The van der Waals surface area contributed by atoms with Gasteiger partial charge in [0.1, 0.15) is 5.75 Å². The fourth-order valence-electron chi connectivity index (χ4n) is 3.06. The van der Waals surface area contributed by atoms with Crippen molar-refractivity contribution in [3.8, 4) is 5.75 Å². The second-order valence-electron chi connectivity index (χ2n) is 6.38. The summed E-state index contributed by atoms with van der Waals surface area (Å²) in [5.41, 5.74) is 0.498. The van der Waals surface area contributed by atoms with Crippen LogP contribution in [-0.2, 0) is 11.2 Å². The minimum absolute atomic E-state index is 0.0548. The zero-order chi connectivity index (χ0) is 16.0. The van der Waals surface area contributed by atoms with Crippen LogP contribution < -0.4 is 4.74 Å². The summed E-state index contributed by atoms with van der Waals surface area (Å²) in [7, 11) is 3.49. The Morgan fingerprint density at radius 2 is 1.91 bits per heavy atom. The van der Waals surface area contributed by atoms with Crippen LogP contribution in [-0.4, -0.2) is 42.2 Å². The van der Waals surface area contributed by atoms with Gasteiger partial charge in [0, 0.05) is 13.6 Å². The van der Waals surface area contributed by atoms with Crippen LogP contribution in [0, 0.1) is 0 Å². The van der Waals surface area contributed by atoms with Crippen molar-refractivity contribution < 1.29 is 14.6 Å². The molecule has 1 amide bonds. The van der Waals surface area contributed by atoms with E-state index >= 15 is 0 Å². The van der Waals surface area contributed by atoms with Crippen molar-refractivity contribution in [3.63, 3.8) is 0 Å².